The first kappa shape index (κ1) is 13.7. The Kier molecular flexibility index (Phi) is 3.10. The maximum Gasteiger partial charge on any atom is 0.364 e. The van der Waals surface area contributed by atoms with Crippen LogP contribution in [0.1, 0.15) is 36.8 Å². The summed E-state index contributed by atoms with van der Waals surface area (Å²) in [7, 11) is 0. The maximum absolute atomic E-state index is 12.1. The Hall–Kier alpha value is -3.22. The van der Waals surface area contributed by atoms with E-state index in [0.717, 1.165) is 6.07 Å². The average Bonchev–Trinajstić information content (AvgIpc) is 2.72. The predicted molar refractivity (Wildman–Crippen MR) is 74.2 cm³/mol. The molecule has 0 saturated heterocycles. The summed E-state index contributed by atoms with van der Waals surface area (Å²) in [6.07, 6.45) is 0. The normalized spacial score (nSPS) is 13.2. The van der Waals surface area contributed by atoms with Crippen LogP contribution in [0.25, 0.3) is 0 Å². The van der Waals surface area contributed by atoms with Crippen molar-refractivity contribution in [2.24, 2.45) is 0 Å². The molecule has 2 heterocycles. The Balaban J connectivity index is 1.88. The van der Waals surface area contributed by atoms with Gasteiger partial charge in [-0.2, -0.15) is 0 Å². The monoisotopic (exact) mass is 298 g/mol. The summed E-state index contributed by atoms with van der Waals surface area (Å²) < 4.78 is 0. The first-order valence-corrected chi connectivity index (χ1v) is 6.38. The van der Waals surface area contributed by atoms with Gasteiger partial charge in [0.1, 0.15) is 0 Å². The SMILES string of the molecule is Cc1cc(C(=O)ON2C(=O)c3ccccc3C2=O)cc(=O)[nH]1. The van der Waals surface area contributed by atoms with Gasteiger partial charge in [-0.3, -0.25) is 14.4 Å². The average molecular weight is 298 g/mol. The van der Waals surface area contributed by atoms with E-state index in [1.54, 1.807) is 19.1 Å². The first-order chi connectivity index (χ1) is 10.5. The minimum Gasteiger partial charge on any atom is -0.326 e. The zero-order chi connectivity index (χ0) is 15.9. The van der Waals surface area contributed by atoms with Crippen molar-refractivity contribution in [3.63, 3.8) is 0 Å². The van der Waals surface area contributed by atoms with Gasteiger partial charge in [-0.15, -0.1) is 0 Å². The number of imide groups is 1. The second kappa shape index (κ2) is 4.96. The largest absolute Gasteiger partial charge is 0.364 e. The van der Waals surface area contributed by atoms with E-state index >= 15 is 0 Å². The molecule has 22 heavy (non-hydrogen) atoms. The van der Waals surface area contributed by atoms with Crippen molar-refractivity contribution < 1.29 is 19.2 Å². The molecule has 1 aromatic heterocycles. The minimum absolute atomic E-state index is 0.0437. The van der Waals surface area contributed by atoms with Crippen LogP contribution < -0.4 is 5.56 Å². The topological polar surface area (TPSA) is 96.5 Å². The number of H-pyrrole nitrogens is 1. The smallest absolute Gasteiger partial charge is 0.326 e. The van der Waals surface area contributed by atoms with Gasteiger partial charge in [0.05, 0.1) is 16.7 Å². The quantitative estimate of drug-likeness (QED) is 0.836. The van der Waals surface area contributed by atoms with Crippen LogP contribution >= 0.6 is 0 Å². The molecule has 0 aliphatic carbocycles. The molecule has 1 aromatic carbocycles. The molecule has 2 aromatic rings. The van der Waals surface area contributed by atoms with E-state index in [-0.39, 0.29) is 16.7 Å². The number of amides is 2. The van der Waals surface area contributed by atoms with Crippen LogP contribution in [0.5, 0.6) is 0 Å². The fourth-order valence-corrected chi connectivity index (χ4v) is 2.19. The van der Waals surface area contributed by atoms with Gasteiger partial charge < -0.3 is 9.82 Å². The van der Waals surface area contributed by atoms with Crippen LogP contribution in [0, 0.1) is 6.92 Å². The summed E-state index contributed by atoms with van der Waals surface area (Å²) >= 11 is 0. The van der Waals surface area contributed by atoms with E-state index in [1.165, 1.54) is 18.2 Å². The third kappa shape index (κ3) is 2.18. The number of rotatable bonds is 2. The van der Waals surface area contributed by atoms with Crippen LogP contribution in [0.3, 0.4) is 0 Å². The van der Waals surface area contributed by atoms with Crippen LogP contribution in [-0.2, 0) is 4.84 Å². The van der Waals surface area contributed by atoms with E-state index in [0.29, 0.717) is 10.8 Å². The van der Waals surface area contributed by atoms with Gasteiger partial charge in [0.2, 0.25) is 5.56 Å². The Morgan fingerprint density at radius 1 is 1.05 bits per heavy atom. The lowest BCUT2D eigenvalue weighted by Gasteiger charge is -2.12. The Bertz CT molecular complexity index is 833. The number of carbonyl (C=O) groups is 3. The maximum atomic E-state index is 12.1. The summed E-state index contributed by atoms with van der Waals surface area (Å²) in [6.45, 7) is 1.60. The number of nitrogens with one attached hydrogen (secondary N) is 1. The number of hydroxylamine groups is 2. The van der Waals surface area contributed by atoms with E-state index in [9.17, 15) is 19.2 Å². The van der Waals surface area contributed by atoms with E-state index in [1.807, 2.05) is 0 Å². The molecule has 0 saturated carbocycles. The Morgan fingerprint density at radius 2 is 1.64 bits per heavy atom. The fraction of sp³-hybridized carbons (Fsp3) is 0.0667. The van der Waals surface area contributed by atoms with Crippen LogP contribution in [0.4, 0.5) is 0 Å². The summed E-state index contributed by atoms with van der Waals surface area (Å²) in [5.41, 5.74) is 0.277. The highest BCUT2D eigenvalue weighted by atomic mass is 16.7. The molecule has 0 atom stereocenters. The molecule has 0 fully saturated rings. The van der Waals surface area contributed by atoms with Crippen molar-refractivity contribution in [1.82, 2.24) is 10.0 Å². The lowest BCUT2D eigenvalue weighted by molar-refractivity contribution is -0.0584. The molecule has 0 bridgehead atoms. The first-order valence-electron chi connectivity index (χ1n) is 6.38. The Morgan fingerprint density at radius 3 is 2.18 bits per heavy atom. The van der Waals surface area contributed by atoms with Crippen molar-refractivity contribution in [2.45, 2.75) is 6.92 Å². The number of fused-ring (bicyclic) bond motifs is 1. The summed E-state index contributed by atoms with van der Waals surface area (Å²) in [6, 6.07) is 8.59. The van der Waals surface area contributed by atoms with Gasteiger partial charge in [-0.1, -0.05) is 17.2 Å². The lowest BCUT2D eigenvalue weighted by Crippen LogP contribution is -2.33. The molecule has 2 amide bonds. The summed E-state index contributed by atoms with van der Waals surface area (Å²) in [4.78, 5) is 54.8. The zero-order valence-electron chi connectivity index (χ0n) is 11.5. The number of nitrogens with zero attached hydrogens (tertiary/aromatic N) is 1. The summed E-state index contributed by atoms with van der Waals surface area (Å²) in [5.74, 6) is -2.38. The van der Waals surface area contributed by atoms with Crippen LogP contribution in [0.2, 0.25) is 0 Å². The highest BCUT2D eigenvalue weighted by Crippen LogP contribution is 2.23. The number of hydrogen-bond donors (Lipinski definition) is 1. The van der Waals surface area contributed by atoms with Crippen LogP contribution in [0.15, 0.2) is 41.2 Å². The minimum atomic E-state index is -0.955. The van der Waals surface area contributed by atoms with Gasteiger partial charge in [0, 0.05) is 11.8 Å². The molecule has 0 radical (unpaired) electrons. The van der Waals surface area contributed by atoms with E-state index in [4.69, 9.17) is 4.84 Å². The fourth-order valence-electron chi connectivity index (χ4n) is 2.19. The number of aromatic amines is 1. The third-order valence-corrected chi connectivity index (χ3v) is 3.15. The second-order valence-corrected chi connectivity index (χ2v) is 4.75. The molecule has 7 nitrogen and oxygen atoms in total. The van der Waals surface area contributed by atoms with Crippen molar-refractivity contribution in [1.29, 1.82) is 0 Å². The molecule has 0 unspecified atom stereocenters. The van der Waals surface area contributed by atoms with Gasteiger partial charge in [0.25, 0.3) is 11.8 Å². The van der Waals surface area contributed by atoms with Crippen LogP contribution in [-0.4, -0.2) is 27.8 Å². The number of hydrogen-bond acceptors (Lipinski definition) is 5. The highest BCUT2D eigenvalue weighted by molar-refractivity contribution is 6.21. The van der Waals surface area contributed by atoms with Crippen molar-refractivity contribution in [3.8, 4) is 0 Å². The van der Waals surface area contributed by atoms with Gasteiger partial charge in [-0.05, 0) is 25.1 Å². The predicted octanol–water partition coefficient (Wildman–Crippen LogP) is 1.05. The van der Waals surface area contributed by atoms with Gasteiger partial charge >= 0.3 is 5.97 Å². The molecule has 3 rings (SSSR count). The second-order valence-electron chi connectivity index (χ2n) is 4.75. The zero-order valence-corrected chi connectivity index (χ0v) is 11.5. The number of carbonyl (C=O) groups excluding carboxylic acids is 3. The van der Waals surface area contributed by atoms with E-state index in [2.05, 4.69) is 4.98 Å². The van der Waals surface area contributed by atoms with Gasteiger partial charge in [-0.25, -0.2) is 4.79 Å². The highest BCUT2D eigenvalue weighted by Gasteiger charge is 2.38. The third-order valence-electron chi connectivity index (χ3n) is 3.15. The summed E-state index contributed by atoms with van der Waals surface area (Å²) in [5, 5.41) is 0.406. The molecule has 1 aliphatic rings. The molecule has 110 valence electrons. The number of aryl methyl sites for hydroxylation is 1. The molecule has 1 N–H and O–H groups in total. The van der Waals surface area contributed by atoms with Gasteiger partial charge in [0.15, 0.2) is 0 Å². The molecule has 1 aliphatic heterocycles. The Labute approximate surface area is 124 Å². The standard InChI is InChI=1S/C15H10N2O5/c1-8-6-9(7-12(18)16-8)15(21)22-17-13(19)10-4-2-3-5-11(10)14(17)20/h2-7H,1H3,(H,16,18). The van der Waals surface area contributed by atoms with Crippen molar-refractivity contribution in [3.05, 3.63) is 69.1 Å². The molecular weight excluding hydrogens is 288 g/mol. The van der Waals surface area contributed by atoms with Crippen molar-refractivity contribution >= 4 is 17.8 Å². The molecular formula is C15H10N2O5. The number of pyridine rings is 1. The lowest BCUT2D eigenvalue weighted by atomic mass is 10.1. The molecule has 7 heteroatoms. The van der Waals surface area contributed by atoms with E-state index < -0.39 is 23.3 Å². The number of benzene rings is 1. The van der Waals surface area contributed by atoms with Crippen molar-refractivity contribution in [2.75, 3.05) is 0 Å². The molecule has 0 spiro atoms. The number of aromatic nitrogens is 1.